The minimum absolute atomic E-state index is 0.693. The lowest BCUT2D eigenvalue weighted by atomic mass is 10.0. The number of rotatable bonds is 8. The van der Waals surface area contributed by atoms with Crippen LogP contribution in [0.25, 0.3) is 0 Å². The number of nitrogens with zero attached hydrogens (tertiary/aromatic N) is 1. The van der Waals surface area contributed by atoms with E-state index in [2.05, 4.69) is 44.8 Å². The van der Waals surface area contributed by atoms with Gasteiger partial charge in [-0.05, 0) is 44.7 Å². The van der Waals surface area contributed by atoms with Gasteiger partial charge < -0.3 is 10.2 Å². The summed E-state index contributed by atoms with van der Waals surface area (Å²) in [6.45, 7) is 15.2. The lowest BCUT2D eigenvalue weighted by molar-refractivity contribution is 0.150. The van der Waals surface area contributed by atoms with E-state index >= 15 is 0 Å². The van der Waals surface area contributed by atoms with Crippen molar-refractivity contribution in [2.75, 3.05) is 19.6 Å². The molecule has 0 heterocycles. The van der Waals surface area contributed by atoms with Gasteiger partial charge in [0.25, 0.3) is 0 Å². The largest absolute Gasteiger partial charge is 0.314 e. The Morgan fingerprint density at radius 3 is 2.25 bits per heavy atom. The lowest BCUT2D eigenvalue weighted by Crippen LogP contribution is -2.43. The van der Waals surface area contributed by atoms with Crippen LogP contribution in [0.3, 0.4) is 0 Å². The predicted octanol–water partition coefficient (Wildman–Crippen LogP) is 2.74. The Kier molecular flexibility index (Phi) is 5.77. The monoisotopic (exact) mass is 226 g/mol. The molecule has 0 radical (unpaired) electrons. The zero-order valence-electron chi connectivity index (χ0n) is 11.8. The minimum Gasteiger partial charge on any atom is -0.314 e. The topological polar surface area (TPSA) is 15.3 Å². The first-order chi connectivity index (χ1) is 7.54. The summed E-state index contributed by atoms with van der Waals surface area (Å²) in [5.41, 5.74) is 0. The second-order valence-electron chi connectivity index (χ2n) is 5.88. The van der Waals surface area contributed by atoms with Gasteiger partial charge in [0.15, 0.2) is 0 Å². The zero-order valence-corrected chi connectivity index (χ0v) is 11.8. The third kappa shape index (κ3) is 4.84. The van der Waals surface area contributed by atoms with Gasteiger partial charge >= 0.3 is 0 Å². The van der Waals surface area contributed by atoms with Crippen LogP contribution in [0.2, 0.25) is 0 Å². The second kappa shape index (κ2) is 6.61. The van der Waals surface area contributed by atoms with Gasteiger partial charge in [-0.15, -0.1) is 0 Å². The summed E-state index contributed by atoms with van der Waals surface area (Å²) >= 11 is 0. The molecule has 2 atom stereocenters. The van der Waals surface area contributed by atoms with E-state index in [4.69, 9.17) is 0 Å². The maximum absolute atomic E-state index is 3.64. The molecule has 1 rings (SSSR count). The molecule has 0 aliphatic heterocycles. The highest BCUT2D eigenvalue weighted by atomic mass is 15.2. The molecule has 2 unspecified atom stereocenters. The quantitative estimate of drug-likeness (QED) is 0.684. The Balaban J connectivity index is 2.29. The molecule has 1 fully saturated rings. The summed E-state index contributed by atoms with van der Waals surface area (Å²) in [6.07, 6.45) is 2.79. The van der Waals surface area contributed by atoms with Crippen molar-refractivity contribution in [1.82, 2.24) is 10.2 Å². The number of hydrogen-bond acceptors (Lipinski definition) is 2. The second-order valence-corrected chi connectivity index (χ2v) is 5.88. The fraction of sp³-hybridized carbons (Fsp3) is 1.00. The number of hydrogen-bond donors (Lipinski definition) is 1. The molecular weight excluding hydrogens is 196 g/mol. The Morgan fingerprint density at radius 1 is 1.19 bits per heavy atom. The van der Waals surface area contributed by atoms with Crippen molar-refractivity contribution in [3.05, 3.63) is 0 Å². The van der Waals surface area contributed by atoms with E-state index in [0.29, 0.717) is 6.04 Å². The summed E-state index contributed by atoms with van der Waals surface area (Å²) in [7, 11) is 0. The molecule has 0 aromatic rings. The van der Waals surface area contributed by atoms with Crippen molar-refractivity contribution >= 4 is 0 Å². The third-order valence-corrected chi connectivity index (χ3v) is 3.71. The SMILES string of the molecule is CCN(CC(C)C)C(C)C(C)CNC1CC1. The Hall–Kier alpha value is -0.0800. The highest BCUT2D eigenvalue weighted by Crippen LogP contribution is 2.20. The van der Waals surface area contributed by atoms with Crippen LogP contribution in [-0.4, -0.2) is 36.6 Å². The molecule has 0 bridgehead atoms. The molecule has 1 saturated carbocycles. The van der Waals surface area contributed by atoms with Gasteiger partial charge in [-0.25, -0.2) is 0 Å². The lowest BCUT2D eigenvalue weighted by Gasteiger charge is -2.33. The van der Waals surface area contributed by atoms with Gasteiger partial charge in [0, 0.05) is 18.6 Å². The van der Waals surface area contributed by atoms with E-state index in [0.717, 1.165) is 17.9 Å². The van der Waals surface area contributed by atoms with Crippen LogP contribution >= 0.6 is 0 Å². The van der Waals surface area contributed by atoms with Crippen molar-refractivity contribution in [3.63, 3.8) is 0 Å². The molecule has 96 valence electrons. The fourth-order valence-corrected chi connectivity index (χ4v) is 2.22. The average molecular weight is 226 g/mol. The Morgan fingerprint density at radius 2 is 1.81 bits per heavy atom. The maximum Gasteiger partial charge on any atom is 0.0105 e. The molecule has 2 nitrogen and oxygen atoms in total. The van der Waals surface area contributed by atoms with Gasteiger partial charge in [-0.1, -0.05) is 27.7 Å². The molecule has 16 heavy (non-hydrogen) atoms. The van der Waals surface area contributed by atoms with Crippen LogP contribution in [0.1, 0.15) is 47.5 Å². The van der Waals surface area contributed by atoms with E-state index in [-0.39, 0.29) is 0 Å². The van der Waals surface area contributed by atoms with E-state index in [1.54, 1.807) is 0 Å². The molecule has 0 amide bonds. The first-order valence-electron chi connectivity index (χ1n) is 7.02. The fourth-order valence-electron chi connectivity index (χ4n) is 2.22. The van der Waals surface area contributed by atoms with Crippen LogP contribution in [0.5, 0.6) is 0 Å². The van der Waals surface area contributed by atoms with Crippen LogP contribution in [-0.2, 0) is 0 Å². The summed E-state index contributed by atoms with van der Waals surface area (Å²) in [6, 6.07) is 1.54. The summed E-state index contributed by atoms with van der Waals surface area (Å²) in [5, 5.41) is 3.64. The van der Waals surface area contributed by atoms with E-state index < -0.39 is 0 Å². The van der Waals surface area contributed by atoms with Gasteiger partial charge in [-0.3, -0.25) is 0 Å². The normalized spacial score (nSPS) is 20.4. The van der Waals surface area contributed by atoms with Crippen molar-refractivity contribution in [2.24, 2.45) is 11.8 Å². The molecule has 0 aromatic heterocycles. The molecule has 1 aliphatic carbocycles. The van der Waals surface area contributed by atoms with Gasteiger partial charge in [0.1, 0.15) is 0 Å². The van der Waals surface area contributed by atoms with Crippen LogP contribution in [0, 0.1) is 11.8 Å². The molecule has 0 aromatic carbocycles. The van der Waals surface area contributed by atoms with E-state index in [9.17, 15) is 0 Å². The minimum atomic E-state index is 0.693. The van der Waals surface area contributed by atoms with Crippen LogP contribution < -0.4 is 5.32 Å². The van der Waals surface area contributed by atoms with Crippen LogP contribution in [0.4, 0.5) is 0 Å². The highest BCUT2D eigenvalue weighted by molar-refractivity contribution is 4.83. The van der Waals surface area contributed by atoms with Crippen molar-refractivity contribution in [3.8, 4) is 0 Å². The summed E-state index contributed by atoms with van der Waals surface area (Å²) in [5.74, 6) is 1.52. The molecule has 0 spiro atoms. The average Bonchev–Trinajstić information content (AvgIpc) is 3.05. The molecule has 0 saturated heterocycles. The van der Waals surface area contributed by atoms with Crippen molar-refractivity contribution in [1.29, 1.82) is 0 Å². The van der Waals surface area contributed by atoms with Crippen molar-refractivity contribution < 1.29 is 0 Å². The Labute approximate surface area is 102 Å². The molecule has 1 aliphatic rings. The molecule has 1 N–H and O–H groups in total. The standard InChI is InChI=1S/C14H30N2/c1-6-16(10-11(2)3)13(5)12(4)9-15-14-7-8-14/h11-15H,6-10H2,1-5H3. The van der Waals surface area contributed by atoms with Gasteiger partial charge in [0.05, 0.1) is 0 Å². The molecule has 2 heteroatoms. The highest BCUT2D eigenvalue weighted by Gasteiger charge is 2.24. The first kappa shape index (κ1) is 14.0. The van der Waals surface area contributed by atoms with E-state index in [1.807, 2.05) is 0 Å². The Bertz CT molecular complexity index is 187. The van der Waals surface area contributed by atoms with Gasteiger partial charge in [0.2, 0.25) is 0 Å². The van der Waals surface area contributed by atoms with Crippen LogP contribution in [0.15, 0.2) is 0 Å². The third-order valence-electron chi connectivity index (χ3n) is 3.71. The smallest absolute Gasteiger partial charge is 0.0105 e. The molecular formula is C14H30N2. The maximum atomic E-state index is 3.64. The zero-order chi connectivity index (χ0) is 12.1. The first-order valence-corrected chi connectivity index (χ1v) is 7.02. The van der Waals surface area contributed by atoms with E-state index in [1.165, 1.54) is 32.5 Å². The predicted molar refractivity (Wildman–Crippen MR) is 71.7 cm³/mol. The summed E-state index contributed by atoms with van der Waals surface area (Å²) in [4.78, 5) is 2.61. The number of nitrogens with one attached hydrogen (secondary N) is 1. The van der Waals surface area contributed by atoms with Crippen molar-refractivity contribution in [2.45, 2.75) is 59.5 Å². The summed E-state index contributed by atoms with van der Waals surface area (Å²) < 4.78 is 0. The van der Waals surface area contributed by atoms with Gasteiger partial charge in [-0.2, -0.15) is 0 Å².